The van der Waals surface area contributed by atoms with Crippen LogP contribution in [0.25, 0.3) is 0 Å². The summed E-state index contributed by atoms with van der Waals surface area (Å²) in [6.45, 7) is 7.01. The van der Waals surface area contributed by atoms with Crippen LogP contribution in [0.3, 0.4) is 0 Å². The first-order valence-electron chi connectivity index (χ1n) is 8.34. The highest BCUT2D eigenvalue weighted by atomic mass is 16.5. The second-order valence-corrected chi connectivity index (χ2v) is 6.09. The molecule has 0 N–H and O–H groups in total. The minimum atomic E-state index is -0.188. The fourth-order valence-corrected chi connectivity index (χ4v) is 2.84. The van der Waals surface area contributed by atoms with Gasteiger partial charge in [0.2, 0.25) is 11.8 Å². The molecule has 0 spiro atoms. The van der Waals surface area contributed by atoms with Gasteiger partial charge in [-0.3, -0.25) is 4.79 Å². The Morgan fingerprint density at radius 3 is 3.04 bits per heavy atom. The van der Waals surface area contributed by atoms with E-state index in [1.807, 2.05) is 20.8 Å². The lowest BCUT2D eigenvalue weighted by Crippen LogP contribution is -2.31. The van der Waals surface area contributed by atoms with Crippen LogP contribution in [0.15, 0.2) is 22.9 Å². The number of rotatable bonds is 5. The Labute approximate surface area is 141 Å². The molecule has 1 amide bonds. The van der Waals surface area contributed by atoms with Crippen LogP contribution in [0.1, 0.15) is 67.6 Å². The predicted octanol–water partition coefficient (Wildman–Crippen LogP) is 2.96. The van der Waals surface area contributed by atoms with Crippen LogP contribution in [0.2, 0.25) is 0 Å². The topological polar surface area (TPSA) is 81.4 Å². The third-order valence-corrected chi connectivity index (χ3v) is 4.06. The SMILES string of the molecule is CCOc1ncccc1C(=O)N1CCC[C@@H]1c1nc(C(C)C)no1. The Morgan fingerprint density at radius 1 is 1.50 bits per heavy atom. The molecule has 7 nitrogen and oxygen atoms in total. The number of amides is 1. The van der Waals surface area contributed by atoms with Crippen molar-refractivity contribution < 1.29 is 14.1 Å². The zero-order valence-electron chi connectivity index (χ0n) is 14.2. The van der Waals surface area contributed by atoms with Crippen LogP contribution in [0.4, 0.5) is 0 Å². The summed E-state index contributed by atoms with van der Waals surface area (Å²) in [5.74, 6) is 1.62. The Morgan fingerprint density at radius 2 is 2.33 bits per heavy atom. The van der Waals surface area contributed by atoms with E-state index in [0.29, 0.717) is 36.3 Å². The normalized spacial score (nSPS) is 17.5. The zero-order valence-corrected chi connectivity index (χ0v) is 14.2. The van der Waals surface area contributed by atoms with E-state index < -0.39 is 0 Å². The van der Waals surface area contributed by atoms with Gasteiger partial charge >= 0.3 is 0 Å². The van der Waals surface area contributed by atoms with Crippen molar-refractivity contribution in [2.24, 2.45) is 0 Å². The standard InChI is InChI=1S/C17H22N4O3/c1-4-23-15-12(7-5-9-18-15)17(22)21-10-6-8-13(21)16-19-14(11(2)3)20-24-16/h5,7,9,11,13H,4,6,8,10H2,1-3H3/t13-/m1/s1. The van der Waals surface area contributed by atoms with Gasteiger partial charge in [0.1, 0.15) is 11.6 Å². The molecule has 0 aromatic carbocycles. The van der Waals surface area contributed by atoms with Crippen molar-refractivity contribution in [1.82, 2.24) is 20.0 Å². The first kappa shape index (κ1) is 16.4. The lowest BCUT2D eigenvalue weighted by molar-refractivity contribution is 0.0705. The molecule has 2 aromatic rings. The van der Waals surface area contributed by atoms with Crippen molar-refractivity contribution in [3.8, 4) is 5.88 Å². The smallest absolute Gasteiger partial charge is 0.260 e. The van der Waals surface area contributed by atoms with Crippen molar-refractivity contribution in [2.45, 2.75) is 45.6 Å². The molecule has 1 atom stereocenters. The van der Waals surface area contributed by atoms with E-state index in [-0.39, 0.29) is 17.9 Å². The molecular formula is C17H22N4O3. The molecule has 1 fully saturated rings. The molecule has 0 bridgehead atoms. The van der Waals surface area contributed by atoms with Gasteiger partial charge in [-0.1, -0.05) is 19.0 Å². The number of carbonyl (C=O) groups excluding carboxylic acids is 1. The summed E-state index contributed by atoms with van der Waals surface area (Å²) < 4.78 is 10.9. The van der Waals surface area contributed by atoms with Crippen LogP contribution < -0.4 is 4.74 Å². The summed E-state index contributed by atoms with van der Waals surface area (Å²) in [5, 5.41) is 4.01. The lowest BCUT2D eigenvalue weighted by Gasteiger charge is -2.22. The Kier molecular flexibility index (Phi) is 4.78. The molecule has 0 radical (unpaired) electrons. The van der Waals surface area contributed by atoms with E-state index in [4.69, 9.17) is 9.26 Å². The molecule has 3 rings (SSSR count). The minimum absolute atomic E-state index is 0.113. The summed E-state index contributed by atoms with van der Waals surface area (Å²) in [5.41, 5.74) is 0.467. The maximum atomic E-state index is 13.0. The highest BCUT2D eigenvalue weighted by Gasteiger charge is 2.35. The number of ether oxygens (including phenoxy) is 1. The van der Waals surface area contributed by atoms with Crippen molar-refractivity contribution >= 4 is 5.91 Å². The van der Waals surface area contributed by atoms with Crippen molar-refractivity contribution in [2.75, 3.05) is 13.2 Å². The van der Waals surface area contributed by atoms with Crippen molar-refractivity contribution in [1.29, 1.82) is 0 Å². The number of nitrogens with zero attached hydrogens (tertiary/aromatic N) is 4. The second kappa shape index (κ2) is 6.98. The van der Waals surface area contributed by atoms with Gasteiger partial charge in [-0.05, 0) is 31.9 Å². The molecule has 0 aliphatic carbocycles. The third kappa shape index (κ3) is 3.11. The molecule has 2 aromatic heterocycles. The Hall–Kier alpha value is -2.44. The minimum Gasteiger partial charge on any atom is -0.477 e. The predicted molar refractivity (Wildman–Crippen MR) is 86.8 cm³/mol. The van der Waals surface area contributed by atoms with Gasteiger partial charge in [-0.2, -0.15) is 4.98 Å². The number of aromatic nitrogens is 3. The van der Waals surface area contributed by atoms with E-state index in [0.717, 1.165) is 12.8 Å². The molecule has 1 saturated heterocycles. The van der Waals surface area contributed by atoms with Gasteiger partial charge in [0.15, 0.2) is 5.82 Å². The highest BCUT2D eigenvalue weighted by Crippen LogP contribution is 2.33. The fourth-order valence-electron chi connectivity index (χ4n) is 2.84. The summed E-state index contributed by atoms with van der Waals surface area (Å²) in [6.07, 6.45) is 3.34. The van der Waals surface area contributed by atoms with Crippen LogP contribution in [-0.2, 0) is 0 Å². The van der Waals surface area contributed by atoms with Gasteiger partial charge in [0.05, 0.1) is 6.61 Å². The average Bonchev–Trinajstić information content (AvgIpc) is 3.24. The largest absolute Gasteiger partial charge is 0.477 e. The van der Waals surface area contributed by atoms with Crippen molar-refractivity contribution in [3.05, 3.63) is 35.6 Å². The van der Waals surface area contributed by atoms with E-state index in [9.17, 15) is 4.79 Å². The third-order valence-electron chi connectivity index (χ3n) is 4.06. The van der Waals surface area contributed by atoms with E-state index >= 15 is 0 Å². The first-order valence-corrected chi connectivity index (χ1v) is 8.34. The van der Waals surface area contributed by atoms with E-state index in [1.54, 1.807) is 23.2 Å². The quantitative estimate of drug-likeness (QED) is 0.838. The number of likely N-dealkylation sites (tertiary alicyclic amines) is 1. The van der Waals surface area contributed by atoms with Crippen LogP contribution >= 0.6 is 0 Å². The molecule has 7 heteroatoms. The van der Waals surface area contributed by atoms with Crippen LogP contribution in [0, 0.1) is 0 Å². The monoisotopic (exact) mass is 330 g/mol. The molecule has 0 saturated carbocycles. The van der Waals surface area contributed by atoms with E-state index in [2.05, 4.69) is 15.1 Å². The first-order chi connectivity index (χ1) is 11.6. The average molecular weight is 330 g/mol. The molecule has 0 unspecified atom stereocenters. The zero-order chi connectivity index (χ0) is 17.1. The van der Waals surface area contributed by atoms with Gasteiger partial charge < -0.3 is 14.2 Å². The number of pyridine rings is 1. The highest BCUT2D eigenvalue weighted by molar-refractivity contribution is 5.96. The van der Waals surface area contributed by atoms with Gasteiger partial charge in [-0.25, -0.2) is 4.98 Å². The maximum Gasteiger partial charge on any atom is 0.260 e. The number of hydrogen-bond donors (Lipinski definition) is 0. The molecular weight excluding hydrogens is 308 g/mol. The van der Waals surface area contributed by atoms with Crippen LogP contribution in [-0.4, -0.2) is 39.1 Å². The molecule has 1 aliphatic heterocycles. The summed E-state index contributed by atoms with van der Waals surface area (Å²) >= 11 is 0. The molecule has 128 valence electrons. The number of carbonyl (C=O) groups is 1. The Bertz CT molecular complexity index is 713. The summed E-state index contributed by atoms with van der Waals surface area (Å²) in [6, 6.07) is 3.29. The van der Waals surface area contributed by atoms with Crippen LogP contribution in [0.5, 0.6) is 5.88 Å². The molecule has 24 heavy (non-hydrogen) atoms. The Balaban J connectivity index is 1.86. The van der Waals surface area contributed by atoms with Crippen molar-refractivity contribution in [3.63, 3.8) is 0 Å². The van der Waals surface area contributed by atoms with Gasteiger partial charge in [-0.15, -0.1) is 0 Å². The second-order valence-electron chi connectivity index (χ2n) is 6.09. The molecule has 1 aliphatic rings. The lowest BCUT2D eigenvalue weighted by atomic mass is 10.2. The molecule has 3 heterocycles. The number of hydrogen-bond acceptors (Lipinski definition) is 6. The van der Waals surface area contributed by atoms with E-state index in [1.165, 1.54) is 0 Å². The van der Waals surface area contributed by atoms with Gasteiger partial charge in [0.25, 0.3) is 5.91 Å². The summed E-state index contributed by atoms with van der Waals surface area (Å²) in [4.78, 5) is 23.4. The van der Waals surface area contributed by atoms with Gasteiger partial charge in [0, 0.05) is 18.7 Å². The fraction of sp³-hybridized carbons (Fsp3) is 0.529. The summed E-state index contributed by atoms with van der Waals surface area (Å²) in [7, 11) is 0. The maximum absolute atomic E-state index is 13.0.